The minimum absolute atomic E-state index is 0.0356. The molecule has 0 N–H and O–H groups in total. The van der Waals surface area contributed by atoms with E-state index in [0.29, 0.717) is 24.0 Å². The zero-order valence-corrected chi connectivity index (χ0v) is 13.7. The van der Waals surface area contributed by atoms with E-state index in [1.165, 1.54) is 19.3 Å². The molecule has 0 saturated heterocycles. The molecule has 0 amide bonds. The van der Waals surface area contributed by atoms with Crippen molar-refractivity contribution < 1.29 is 14.3 Å². The van der Waals surface area contributed by atoms with Crippen LogP contribution in [-0.2, 0) is 9.53 Å². The number of hydrogen-bond donors (Lipinski definition) is 0. The topological polar surface area (TPSA) is 48.4 Å². The van der Waals surface area contributed by atoms with Gasteiger partial charge in [-0.15, -0.1) is 0 Å². The molecular formula is C20H21NO3. The van der Waals surface area contributed by atoms with Crippen LogP contribution in [0.3, 0.4) is 0 Å². The number of pyridine rings is 1. The summed E-state index contributed by atoms with van der Waals surface area (Å²) in [6.45, 7) is 0.686. The SMILES string of the molecule is O=C(OCCOc1ccnc2ccccc12)C1CC2(C1)CC21CC1. The summed E-state index contributed by atoms with van der Waals surface area (Å²) < 4.78 is 11.2. The number of para-hydroxylation sites is 1. The van der Waals surface area contributed by atoms with Crippen molar-refractivity contribution in [2.45, 2.75) is 32.1 Å². The molecule has 124 valence electrons. The van der Waals surface area contributed by atoms with Crippen molar-refractivity contribution in [3.05, 3.63) is 36.5 Å². The predicted octanol–water partition coefficient (Wildman–Crippen LogP) is 3.74. The van der Waals surface area contributed by atoms with Crippen molar-refractivity contribution >= 4 is 16.9 Å². The van der Waals surface area contributed by atoms with Crippen LogP contribution >= 0.6 is 0 Å². The number of nitrogens with zero attached hydrogens (tertiary/aromatic N) is 1. The summed E-state index contributed by atoms with van der Waals surface area (Å²) in [6, 6.07) is 9.72. The van der Waals surface area contributed by atoms with Crippen LogP contribution in [0.4, 0.5) is 0 Å². The summed E-state index contributed by atoms with van der Waals surface area (Å²) in [7, 11) is 0. The zero-order valence-electron chi connectivity index (χ0n) is 13.7. The van der Waals surface area contributed by atoms with Gasteiger partial charge < -0.3 is 9.47 Å². The third-order valence-corrected chi connectivity index (χ3v) is 6.33. The van der Waals surface area contributed by atoms with Gasteiger partial charge in [-0.3, -0.25) is 9.78 Å². The van der Waals surface area contributed by atoms with E-state index >= 15 is 0 Å². The van der Waals surface area contributed by atoms with E-state index in [1.807, 2.05) is 30.3 Å². The average Bonchev–Trinajstić information content (AvgIpc) is 3.48. The van der Waals surface area contributed by atoms with E-state index in [1.54, 1.807) is 6.20 Å². The normalized spacial score (nSPS) is 28.6. The van der Waals surface area contributed by atoms with Crippen LogP contribution in [0.25, 0.3) is 10.9 Å². The Morgan fingerprint density at radius 3 is 2.75 bits per heavy atom. The molecule has 2 aromatic rings. The van der Waals surface area contributed by atoms with Crippen LogP contribution in [0, 0.1) is 16.7 Å². The van der Waals surface area contributed by atoms with E-state index in [-0.39, 0.29) is 11.9 Å². The summed E-state index contributed by atoms with van der Waals surface area (Å²) in [6.07, 6.45) is 8.00. The molecule has 3 aliphatic carbocycles. The van der Waals surface area contributed by atoms with Gasteiger partial charge in [0.15, 0.2) is 0 Å². The fourth-order valence-electron chi connectivity index (χ4n) is 4.70. The Bertz CT molecular complexity index is 800. The van der Waals surface area contributed by atoms with Crippen LogP contribution in [0.15, 0.2) is 36.5 Å². The maximum Gasteiger partial charge on any atom is 0.309 e. The van der Waals surface area contributed by atoms with E-state index in [9.17, 15) is 4.79 Å². The van der Waals surface area contributed by atoms with Gasteiger partial charge in [-0.2, -0.15) is 0 Å². The number of carbonyl (C=O) groups is 1. The lowest BCUT2D eigenvalue weighted by Crippen LogP contribution is -2.35. The first-order chi connectivity index (χ1) is 11.7. The second kappa shape index (κ2) is 4.95. The Hall–Kier alpha value is -2.10. The third kappa shape index (κ3) is 2.12. The van der Waals surface area contributed by atoms with Gasteiger partial charge in [0, 0.05) is 11.6 Å². The van der Waals surface area contributed by atoms with Crippen molar-refractivity contribution in [1.29, 1.82) is 0 Å². The molecule has 0 atom stereocenters. The number of rotatable bonds is 5. The van der Waals surface area contributed by atoms with E-state index in [0.717, 1.165) is 29.5 Å². The molecule has 3 saturated carbocycles. The van der Waals surface area contributed by atoms with Crippen LogP contribution in [0.5, 0.6) is 5.75 Å². The molecule has 24 heavy (non-hydrogen) atoms. The summed E-state index contributed by atoms with van der Waals surface area (Å²) >= 11 is 0. The maximum atomic E-state index is 12.1. The van der Waals surface area contributed by atoms with Crippen molar-refractivity contribution in [2.75, 3.05) is 13.2 Å². The molecule has 4 heteroatoms. The summed E-state index contributed by atoms with van der Waals surface area (Å²) in [5.74, 6) is 0.881. The van der Waals surface area contributed by atoms with E-state index < -0.39 is 0 Å². The fraction of sp³-hybridized carbons (Fsp3) is 0.500. The highest BCUT2D eigenvalue weighted by atomic mass is 16.6. The summed E-state index contributed by atoms with van der Waals surface area (Å²) in [5.41, 5.74) is 2.13. The fourth-order valence-corrected chi connectivity index (χ4v) is 4.70. The van der Waals surface area contributed by atoms with Gasteiger partial charge in [0.1, 0.15) is 19.0 Å². The van der Waals surface area contributed by atoms with Crippen LogP contribution in [0.2, 0.25) is 0 Å². The van der Waals surface area contributed by atoms with Gasteiger partial charge in [0.2, 0.25) is 0 Å². The van der Waals surface area contributed by atoms with Crippen molar-refractivity contribution in [3.8, 4) is 5.75 Å². The minimum atomic E-state index is -0.0356. The van der Waals surface area contributed by atoms with Crippen molar-refractivity contribution in [3.63, 3.8) is 0 Å². The molecule has 1 aromatic heterocycles. The quantitative estimate of drug-likeness (QED) is 0.621. The van der Waals surface area contributed by atoms with Crippen molar-refractivity contribution in [1.82, 2.24) is 4.98 Å². The molecule has 0 unspecified atom stereocenters. The van der Waals surface area contributed by atoms with Crippen LogP contribution in [0.1, 0.15) is 32.1 Å². The molecule has 0 aliphatic heterocycles. The van der Waals surface area contributed by atoms with Gasteiger partial charge in [-0.25, -0.2) is 0 Å². The standard InChI is InChI=1S/C20H21NO3/c22-18(14-11-20(12-14)13-19(20)6-7-19)24-10-9-23-17-5-8-21-16-4-2-1-3-15(16)17/h1-5,8,14H,6-7,9-13H2. The number of esters is 1. The number of hydrogen-bond acceptors (Lipinski definition) is 4. The Kier molecular flexibility index (Phi) is 2.94. The Labute approximate surface area is 141 Å². The second-order valence-corrected chi connectivity index (χ2v) is 7.68. The monoisotopic (exact) mass is 323 g/mol. The number of carbonyl (C=O) groups excluding carboxylic acids is 1. The highest BCUT2D eigenvalue weighted by Gasteiger charge is 2.77. The minimum Gasteiger partial charge on any atom is -0.489 e. The van der Waals surface area contributed by atoms with Gasteiger partial charge in [0.05, 0.1) is 11.4 Å². The van der Waals surface area contributed by atoms with Crippen molar-refractivity contribution in [2.24, 2.45) is 16.7 Å². The predicted molar refractivity (Wildman–Crippen MR) is 89.6 cm³/mol. The molecule has 3 fully saturated rings. The number of fused-ring (bicyclic) bond motifs is 2. The lowest BCUT2D eigenvalue weighted by molar-refractivity contribution is -0.155. The first-order valence-corrected chi connectivity index (χ1v) is 8.85. The molecule has 0 radical (unpaired) electrons. The highest BCUT2D eigenvalue weighted by Crippen LogP contribution is 2.86. The molecule has 0 bridgehead atoms. The second-order valence-electron chi connectivity index (χ2n) is 7.68. The first-order valence-electron chi connectivity index (χ1n) is 8.85. The third-order valence-electron chi connectivity index (χ3n) is 6.33. The highest BCUT2D eigenvalue weighted by molar-refractivity contribution is 5.84. The molecule has 1 aromatic carbocycles. The van der Waals surface area contributed by atoms with Gasteiger partial charge >= 0.3 is 5.97 Å². The molecule has 2 spiro atoms. The smallest absolute Gasteiger partial charge is 0.309 e. The lowest BCUT2D eigenvalue weighted by Gasteiger charge is -2.35. The van der Waals surface area contributed by atoms with E-state index in [2.05, 4.69) is 4.98 Å². The van der Waals surface area contributed by atoms with Gasteiger partial charge in [-0.05, 0) is 61.1 Å². The number of aromatic nitrogens is 1. The Morgan fingerprint density at radius 2 is 1.96 bits per heavy atom. The Morgan fingerprint density at radius 1 is 1.12 bits per heavy atom. The average molecular weight is 323 g/mol. The first kappa shape index (κ1) is 14.3. The summed E-state index contributed by atoms with van der Waals surface area (Å²) in [5, 5.41) is 0.982. The largest absolute Gasteiger partial charge is 0.489 e. The van der Waals surface area contributed by atoms with Crippen LogP contribution in [-0.4, -0.2) is 24.2 Å². The zero-order chi connectivity index (χ0) is 16.2. The van der Waals surface area contributed by atoms with Crippen LogP contribution < -0.4 is 4.74 Å². The molecule has 5 rings (SSSR count). The summed E-state index contributed by atoms with van der Waals surface area (Å²) in [4.78, 5) is 16.4. The van der Waals surface area contributed by atoms with Gasteiger partial charge in [0.25, 0.3) is 0 Å². The molecule has 3 aliphatic rings. The Balaban J connectivity index is 1.10. The lowest BCUT2D eigenvalue weighted by atomic mass is 9.70. The van der Waals surface area contributed by atoms with E-state index in [4.69, 9.17) is 9.47 Å². The molecular weight excluding hydrogens is 302 g/mol. The number of ether oxygens (including phenoxy) is 2. The van der Waals surface area contributed by atoms with Gasteiger partial charge in [-0.1, -0.05) is 12.1 Å². The molecule has 4 nitrogen and oxygen atoms in total. The number of benzene rings is 1. The maximum absolute atomic E-state index is 12.1. The molecule has 1 heterocycles.